The van der Waals surface area contributed by atoms with Crippen molar-refractivity contribution in [2.45, 2.75) is 31.8 Å². The number of nitrogens with zero attached hydrogens (tertiary/aromatic N) is 2. The van der Waals surface area contributed by atoms with E-state index in [1.807, 2.05) is 12.1 Å². The number of aryl methyl sites for hydroxylation is 2. The number of hydrogen-bond donors (Lipinski definition) is 2. The fourth-order valence-electron chi connectivity index (χ4n) is 4.19. The summed E-state index contributed by atoms with van der Waals surface area (Å²) in [6.45, 7) is 4.98. The number of likely N-dealkylation sites (N-methyl/N-ethyl adjacent to an activating group) is 2. The van der Waals surface area contributed by atoms with Crippen molar-refractivity contribution in [2.75, 3.05) is 47.0 Å². The highest BCUT2D eigenvalue weighted by molar-refractivity contribution is 6.14. The molecule has 35 heavy (non-hydrogen) atoms. The van der Waals surface area contributed by atoms with Crippen molar-refractivity contribution in [1.82, 2.24) is 15.1 Å². The Hall–Kier alpha value is -3.07. The van der Waals surface area contributed by atoms with Gasteiger partial charge in [-0.25, -0.2) is 0 Å². The SMILES string of the molecule is CNC(=O)[C@@](C)(C(=O)CO)N(C)C(=O)c1ccc(CCc2ccc(CN3CCOCC3)cc2)cc1. The number of aliphatic hydroxyl groups excluding tert-OH is 1. The zero-order valence-electron chi connectivity index (χ0n) is 20.8. The summed E-state index contributed by atoms with van der Waals surface area (Å²) in [5, 5.41) is 11.7. The Balaban J connectivity index is 1.58. The monoisotopic (exact) mass is 481 g/mol. The molecule has 0 saturated carbocycles. The van der Waals surface area contributed by atoms with Crippen molar-refractivity contribution < 1.29 is 24.2 Å². The summed E-state index contributed by atoms with van der Waals surface area (Å²) in [4.78, 5) is 41.1. The van der Waals surface area contributed by atoms with E-state index in [-0.39, 0.29) is 0 Å². The van der Waals surface area contributed by atoms with Gasteiger partial charge in [0.1, 0.15) is 6.61 Å². The minimum Gasteiger partial charge on any atom is -0.388 e. The van der Waals surface area contributed by atoms with Crippen molar-refractivity contribution in [2.24, 2.45) is 0 Å². The molecular formula is C27H35N3O5. The van der Waals surface area contributed by atoms with E-state index < -0.39 is 29.7 Å². The van der Waals surface area contributed by atoms with E-state index in [0.29, 0.717) is 5.56 Å². The van der Waals surface area contributed by atoms with Crippen LogP contribution in [0.25, 0.3) is 0 Å². The average molecular weight is 482 g/mol. The molecule has 2 aromatic carbocycles. The number of Topliss-reactive ketones (excluding diaryl/α,β-unsaturated/α-hetero) is 1. The maximum Gasteiger partial charge on any atom is 0.254 e. The van der Waals surface area contributed by atoms with Gasteiger partial charge in [0.25, 0.3) is 11.8 Å². The molecule has 0 aromatic heterocycles. The van der Waals surface area contributed by atoms with E-state index in [2.05, 4.69) is 34.5 Å². The highest BCUT2D eigenvalue weighted by Crippen LogP contribution is 2.20. The van der Waals surface area contributed by atoms with Gasteiger partial charge in [-0.1, -0.05) is 36.4 Å². The lowest BCUT2D eigenvalue weighted by atomic mass is 9.92. The van der Waals surface area contributed by atoms with Crippen molar-refractivity contribution in [3.63, 3.8) is 0 Å². The van der Waals surface area contributed by atoms with Gasteiger partial charge in [-0.2, -0.15) is 0 Å². The van der Waals surface area contributed by atoms with Crippen LogP contribution in [0.15, 0.2) is 48.5 Å². The van der Waals surface area contributed by atoms with Crippen LogP contribution in [-0.2, 0) is 33.7 Å². The van der Waals surface area contributed by atoms with E-state index in [1.165, 1.54) is 32.1 Å². The number of carbonyl (C=O) groups is 3. The minimum atomic E-state index is -1.80. The summed E-state index contributed by atoms with van der Waals surface area (Å²) in [5.74, 6) is -1.87. The number of nitrogens with one attached hydrogen (secondary N) is 1. The summed E-state index contributed by atoms with van der Waals surface area (Å²) < 4.78 is 5.40. The smallest absolute Gasteiger partial charge is 0.254 e. The molecule has 1 aliphatic heterocycles. The lowest BCUT2D eigenvalue weighted by molar-refractivity contribution is -0.143. The molecule has 1 saturated heterocycles. The van der Waals surface area contributed by atoms with Crippen LogP contribution >= 0.6 is 0 Å². The summed E-state index contributed by atoms with van der Waals surface area (Å²) in [5.41, 5.74) is 2.20. The summed E-state index contributed by atoms with van der Waals surface area (Å²) >= 11 is 0. The first-order valence-corrected chi connectivity index (χ1v) is 11.9. The van der Waals surface area contributed by atoms with Crippen molar-refractivity contribution in [3.8, 4) is 0 Å². The Labute approximate surface area is 206 Å². The first-order chi connectivity index (χ1) is 16.8. The average Bonchev–Trinajstić information content (AvgIpc) is 2.91. The molecule has 0 unspecified atom stereocenters. The van der Waals surface area contributed by atoms with Crippen LogP contribution in [0.3, 0.4) is 0 Å². The number of rotatable bonds is 10. The predicted molar refractivity (Wildman–Crippen MR) is 133 cm³/mol. The molecule has 2 N–H and O–H groups in total. The molecule has 188 valence electrons. The molecule has 0 spiro atoms. The number of carbonyl (C=O) groups excluding carboxylic acids is 3. The summed E-state index contributed by atoms with van der Waals surface area (Å²) in [6.07, 6.45) is 1.71. The fraction of sp³-hybridized carbons (Fsp3) is 0.444. The van der Waals surface area contributed by atoms with Gasteiger partial charge in [0, 0.05) is 39.3 Å². The Kier molecular flexibility index (Phi) is 9.14. The topological polar surface area (TPSA) is 99.2 Å². The van der Waals surface area contributed by atoms with Gasteiger partial charge in [0.2, 0.25) is 0 Å². The van der Waals surface area contributed by atoms with Gasteiger partial charge < -0.3 is 20.1 Å². The van der Waals surface area contributed by atoms with Crippen molar-refractivity contribution in [3.05, 3.63) is 70.8 Å². The first-order valence-electron chi connectivity index (χ1n) is 11.9. The number of ketones is 1. The number of hydrogen-bond acceptors (Lipinski definition) is 6. The second-order valence-corrected chi connectivity index (χ2v) is 9.00. The first kappa shape index (κ1) is 26.5. The standard InChI is InChI=1S/C27H35N3O5/c1-27(24(32)19-31,26(34)28-2)29(3)25(33)23-12-10-21(11-13-23)5-4-20-6-8-22(9-7-20)18-30-14-16-35-17-15-30/h6-13,31H,4-5,14-19H2,1-3H3,(H,28,34)/t27-/m1/s1. The number of ether oxygens (including phenoxy) is 1. The zero-order valence-corrected chi connectivity index (χ0v) is 20.8. The molecule has 2 amide bonds. The lowest BCUT2D eigenvalue weighted by Crippen LogP contribution is -2.62. The highest BCUT2D eigenvalue weighted by atomic mass is 16.5. The molecule has 8 nitrogen and oxygen atoms in total. The largest absolute Gasteiger partial charge is 0.388 e. The van der Waals surface area contributed by atoms with Crippen LogP contribution in [0.1, 0.15) is 34.0 Å². The lowest BCUT2D eigenvalue weighted by Gasteiger charge is -2.35. The van der Waals surface area contributed by atoms with Crippen LogP contribution < -0.4 is 5.32 Å². The normalized spacial score (nSPS) is 15.8. The van der Waals surface area contributed by atoms with Crippen LogP contribution in [0, 0.1) is 0 Å². The van der Waals surface area contributed by atoms with Gasteiger partial charge in [-0.05, 0) is 48.6 Å². The summed E-state index contributed by atoms with van der Waals surface area (Å²) in [7, 11) is 2.78. The molecule has 8 heteroatoms. The maximum atomic E-state index is 13.0. The van der Waals surface area contributed by atoms with Crippen LogP contribution in [0.5, 0.6) is 0 Å². The molecule has 2 aromatic rings. The number of morpholine rings is 1. The third-order valence-electron chi connectivity index (χ3n) is 6.77. The molecule has 1 aliphatic rings. The van der Waals surface area contributed by atoms with Crippen molar-refractivity contribution >= 4 is 17.6 Å². The Morgan fingerprint density at radius 2 is 1.49 bits per heavy atom. The maximum absolute atomic E-state index is 13.0. The zero-order chi connectivity index (χ0) is 25.4. The number of benzene rings is 2. The highest BCUT2D eigenvalue weighted by Gasteiger charge is 2.46. The fourth-order valence-corrected chi connectivity index (χ4v) is 4.19. The van der Waals surface area contributed by atoms with E-state index in [1.54, 1.807) is 12.1 Å². The predicted octanol–water partition coefficient (Wildman–Crippen LogP) is 1.44. The van der Waals surface area contributed by atoms with Crippen LogP contribution in [0.4, 0.5) is 0 Å². The quantitative estimate of drug-likeness (QED) is 0.499. The molecule has 0 aliphatic carbocycles. The number of amides is 2. The van der Waals surface area contributed by atoms with Crippen LogP contribution in [0.2, 0.25) is 0 Å². The molecule has 1 fully saturated rings. The number of aliphatic hydroxyl groups is 1. The van der Waals surface area contributed by atoms with Gasteiger partial charge in [0.15, 0.2) is 11.3 Å². The molecule has 0 radical (unpaired) electrons. The Morgan fingerprint density at radius 1 is 0.971 bits per heavy atom. The van der Waals surface area contributed by atoms with E-state index in [4.69, 9.17) is 4.74 Å². The van der Waals surface area contributed by atoms with Gasteiger partial charge in [0.05, 0.1) is 13.2 Å². The summed E-state index contributed by atoms with van der Waals surface area (Å²) in [6, 6.07) is 15.9. The van der Waals surface area contributed by atoms with E-state index >= 15 is 0 Å². The molecule has 1 heterocycles. The van der Waals surface area contributed by atoms with Crippen molar-refractivity contribution in [1.29, 1.82) is 0 Å². The second kappa shape index (κ2) is 12.1. The Bertz CT molecular complexity index is 998. The minimum absolute atomic E-state index is 0.365. The van der Waals surface area contributed by atoms with E-state index in [0.717, 1.165) is 56.2 Å². The molecule has 0 bridgehead atoms. The van der Waals surface area contributed by atoms with E-state index in [9.17, 15) is 19.5 Å². The van der Waals surface area contributed by atoms with Gasteiger partial charge >= 0.3 is 0 Å². The third-order valence-corrected chi connectivity index (χ3v) is 6.77. The van der Waals surface area contributed by atoms with Crippen LogP contribution in [-0.4, -0.2) is 85.0 Å². The Morgan fingerprint density at radius 3 is 2.00 bits per heavy atom. The van der Waals surface area contributed by atoms with Gasteiger partial charge in [-0.15, -0.1) is 0 Å². The molecule has 1 atom stereocenters. The molecule has 3 rings (SSSR count). The molecular weight excluding hydrogens is 446 g/mol. The second-order valence-electron chi connectivity index (χ2n) is 9.00. The van der Waals surface area contributed by atoms with Gasteiger partial charge in [-0.3, -0.25) is 19.3 Å². The third kappa shape index (κ3) is 6.33.